The lowest BCUT2D eigenvalue weighted by molar-refractivity contribution is -0.384. The summed E-state index contributed by atoms with van der Waals surface area (Å²) in [6.45, 7) is 0.519. The highest BCUT2D eigenvalue weighted by Crippen LogP contribution is 2.25. The van der Waals surface area contributed by atoms with Crippen LogP contribution in [0.5, 0.6) is 5.88 Å². The maximum absolute atomic E-state index is 12.8. The summed E-state index contributed by atoms with van der Waals surface area (Å²) < 4.78 is 32.8. The number of benzene rings is 2. The number of aromatic nitrogens is 1. The molecule has 1 fully saturated rings. The largest absolute Gasteiger partial charge is 0.473 e. The van der Waals surface area contributed by atoms with E-state index in [0.717, 1.165) is 10.9 Å². The standard InChI is InChI=1S/C19H17N3O5S/c23-22(24)15-6-8-17(9-7-15)28(25,26)21-12-11-16(13-21)27-19-10-5-14-3-1-2-4-18(14)20-19/h1-10,16H,11-13H2. The number of rotatable bonds is 5. The summed E-state index contributed by atoms with van der Waals surface area (Å²) in [4.78, 5) is 14.7. The van der Waals surface area contributed by atoms with Crippen LogP contribution in [0.3, 0.4) is 0 Å². The maximum Gasteiger partial charge on any atom is 0.269 e. The maximum atomic E-state index is 12.8. The van der Waals surface area contributed by atoms with E-state index in [2.05, 4.69) is 4.98 Å². The molecule has 0 bridgehead atoms. The van der Waals surface area contributed by atoms with Crippen LogP contribution >= 0.6 is 0 Å². The van der Waals surface area contributed by atoms with Crippen molar-refractivity contribution in [3.05, 3.63) is 70.8 Å². The third-order valence-electron chi connectivity index (χ3n) is 4.65. The Labute approximate surface area is 161 Å². The van der Waals surface area contributed by atoms with E-state index in [1.54, 1.807) is 6.07 Å². The molecule has 0 N–H and O–H groups in total. The van der Waals surface area contributed by atoms with Crippen molar-refractivity contribution in [3.8, 4) is 5.88 Å². The minimum absolute atomic E-state index is 0.0302. The highest BCUT2D eigenvalue weighted by Gasteiger charge is 2.34. The minimum Gasteiger partial charge on any atom is -0.473 e. The molecule has 3 aromatic rings. The molecule has 8 nitrogen and oxygen atoms in total. The lowest BCUT2D eigenvalue weighted by Crippen LogP contribution is -2.31. The number of nitro benzene ring substituents is 1. The van der Waals surface area contributed by atoms with Gasteiger partial charge in [0.2, 0.25) is 15.9 Å². The van der Waals surface area contributed by atoms with Gasteiger partial charge in [-0.05, 0) is 30.7 Å². The van der Waals surface area contributed by atoms with Crippen LogP contribution in [0.4, 0.5) is 5.69 Å². The minimum atomic E-state index is -3.73. The van der Waals surface area contributed by atoms with Gasteiger partial charge < -0.3 is 4.74 Å². The first-order valence-corrected chi connectivity index (χ1v) is 10.1. The van der Waals surface area contributed by atoms with E-state index in [4.69, 9.17) is 4.74 Å². The number of hydrogen-bond acceptors (Lipinski definition) is 6. The lowest BCUT2D eigenvalue weighted by atomic mass is 10.2. The highest BCUT2D eigenvalue weighted by molar-refractivity contribution is 7.89. The fourth-order valence-electron chi connectivity index (χ4n) is 3.18. The van der Waals surface area contributed by atoms with Gasteiger partial charge in [0, 0.05) is 30.1 Å². The van der Waals surface area contributed by atoms with Gasteiger partial charge in [-0.1, -0.05) is 18.2 Å². The quantitative estimate of drug-likeness (QED) is 0.483. The third kappa shape index (κ3) is 3.54. The smallest absolute Gasteiger partial charge is 0.269 e. The molecule has 0 radical (unpaired) electrons. The molecule has 0 saturated carbocycles. The second-order valence-electron chi connectivity index (χ2n) is 6.48. The Kier molecular flexibility index (Phi) is 4.70. The molecule has 9 heteroatoms. The summed E-state index contributed by atoms with van der Waals surface area (Å²) >= 11 is 0. The fraction of sp³-hybridized carbons (Fsp3) is 0.211. The van der Waals surface area contributed by atoms with Crippen LogP contribution in [0.25, 0.3) is 10.9 Å². The molecule has 1 aliphatic rings. The Morgan fingerprint density at radius 1 is 1.07 bits per heavy atom. The number of ether oxygens (including phenoxy) is 1. The number of nitrogens with zero attached hydrogens (tertiary/aromatic N) is 3. The predicted molar refractivity (Wildman–Crippen MR) is 103 cm³/mol. The molecular formula is C19H17N3O5S. The molecule has 28 heavy (non-hydrogen) atoms. The van der Waals surface area contributed by atoms with Gasteiger partial charge in [-0.3, -0.25) is 10.1 Å². The van der Waals surface area contributed by atoms with Crippen molar-refractivity contribution in [1.82, 2.24) is 9.29 Å². The van der Waals surface area contributed by atoms with Gasteiger partial charge >= 0.3 is 0 Å². The zero-order chi connectivity index (χ0) is 19.7. The van der Waals surface area contributed by atoms with Crippen LogP contribution in [0.15, 0.2) is 65.6 Å². The molecule has 2 heterocycles. The molecule has 1 aromatic heterocycles. The van der Waals surface area contributed by atoms with Crippen LogP contribution in [-0.4, -0.2) is 41.8 Å². The van der Waals surface area contributed by atoms with E-state index in [0.29, 0.717) is 18.8 Å². The van der Waals surface area contributed by atoms with E-state index >= 15 is 0 Å². The van der Waals surface area contributed by atoms with Crippen LogP contribution in [-0.2, 0) is 10.0 Å². The predicted octanol–water partition coefficient (Wildman–Crippen LogP) is 2.99. The summed E-state index contributed by atoms with van der Waals surface area (Å²) in [6.07, 6.45) is 0.238. The average Bonchev–Trinajstić information content (AvgIpc) is 3.17. The number of nitro groups is 1. The molecule has 0 amide bonds. The molecule has 144 valence electrons. The Morgan fingerprint density at radius 2 is 1.82 bits per heavy atom. The van der Waals surface area contributed by atoms with Crippen LogP contribution < -0.4 is 4.74 Å². The van der Waals surface area contributed by atoms with Crippen LogP contribution in [0.2, 0.25) is 0 Å². The van der Waals surface area contributed by atoms with E-state index in [1.165, 1.54) is 28.6 Å². The number of fused-ring (bicyclic) bond motifs is 1. The van der Waals surface area contributed by atoms with Gasteiger partial charge in [0.15, 0.2) is 0 Å². The Morgan fingerprint density at radius 3 is 2.57 bits per heavy atom. The number of hydrogen-bond donors (Lipinski definition) is 0. The van der Waals surface area contributed by atoms with Crippen molar-refractivity contribution in [2.75, 3.05) is 13.1 Å². The van der Waals surface area contributed by atoms with Crippen molar-refractivity contribution < 1.29 is 18.1 Å². The molecule has 1 unspecified atom stereocenters. The van der Waals surface area contributed by atoms with Gasteiger partial charge in [0.25, 0.3) is 5.69 Å². The monoisotopic (exact) mass is 399 g/mol. The molecule has 4 rings (SSSR count). The molecule has 0 aliphatic carbocycles. The molecule has 1 aliphatic heterocycles. The summed E-state index contributed by atoms with van der Waals surface area (Å²) in [6, 6.07) is 16.3. The summed E-state index contributed by atoms with van der Waals surface area (Å²) in [5.74, 6) is 0.457. The number of para-hydroxylation sites is 1. The van der Waals surface area contributed by atoms with E-state index in [-0.39, 0.29) is 23.2 Å². The van der Waals surface area contributed by atoms with E-state index in [1.807, 2.05) is 30.3 Å². The van der Waals surface area contributed by atoms with Gasteiger partial charge in [0.05, 0.1) is 21.9 Å². The number of non-ortho nitro benzene ring substituents is 1. The van der Waals surface area contributed by atoms with Crippen molar-refractivity contribution in [2.45, 2.75) is 17.4 Å². The van der Waals surface area contributed by atoms with Crippen molar-refractivity contribution in [3.63, 3.8) is 0 Å². The molecule has 1 atom stereocenters. The summed E-state index contributed by atoms with van der Waals surface area (Å²) in [7, 11) is -3.73. The molecule has 0 spiro atoms. The first-order chi connectivity index (χ1) is 13.4. The summed E-state index contributed by atoms with van der Waals surface area (Å²) in [5, 5.41) is 11.7. The van der Waals surface area contributed by atoms with E-state index < -0.39 is 14.9 Å². The normalized spacial score (nSPS) is 17.6. The first-order valence-electron chi connectivity index (χ1n) is 8.70. The third-order valence-corrected chi connectivity index (χ3v) is 6.53. The Bertz CT molecular complexity index is 1130. The SMILES string of the molecule is O=[N+]([O-])c1ccc(S(=O)(=O)N2CCC(Oc3ccc4ccccc4n3)C2)cc1. The topological polar surface area (TPSA) is 103 Å². The summed E-state index contributed by atoms with van der Waals surface area (Å²) in [5.41, 5.74) is 0.664. The van der Waals surface area contributed by atoms with Gasteiger partial charge in [-0.2, -0.15) is 4.31 Å². The number of sulfonamides is 1. The van der Waals surface area contributed by atoms with Crippen LogP contribution in [0, 0.1) is 10.1 Å². The second kappa shape index (κ2) is 7.17. The molecule has 1 saturated heterocycles. The van der Waals surface area contributed by atoms with Crippen LogP contribution in [0.1, 0.15) is 6.42 Å². The van der Waals surface area contributed by atoms with Gasteiger partial charge in [-0.25, -0.2) is 13.4 Å². The van der Waals surface area contributed by atoms with Crippen molar-refractivity contribution in [1.29, 1.82) is 0 Å². The first kappa shape index (κ1) is 18.3. The second-order valence-corrected chi connectivity index (χ2v) is 8.42. The van der Waals surface area contributed by atoms with Gasteiger partial charge in [-0.15, -0.1) is 0 Å². The van der Waals surface area contributed by atoms with Gasteiger partial charge in [0.1, 0.15) is 6.10 Å². The molecule has 2 aromatic carbocycles. The zero-order valence-electron chi connectivity index (χ0n) is 14.8. The highest BCUT2D eigenvalue weighted by atomic mass is 32.2. The van der Waals surface area contributed by atoms with E-state index in [9.17, 15) is 18.5 Å². The van der Waals surface area contributed by atoms with Crippen molar-refractivity contribution >= 4 is 26.6 Å². The molecular weight excluding hydrogens is 382 g/mol. The Hall–Kier alpha value is -3.04. The van der Waals surface area contributed by atoms with Crippen molar-refractivity contribution in [2.24, 2.45) is 0 Å². The fourth-order valence-corrected chi connectivity index (χ4v) is 4.67. The Balaban J connectivity index is 1.47. The average molecular weight is 399 g/mol. The zero-order valence-corrected chi connectivity index (χ0v) is 15.6. The lowest BCUT2D eigenvalue weighted by Gasteiger charge is -2.17. The number of pyridine rings is 1.